The first-order valence-corrected chi connectivity index (χ1v) is 6.42. The first-order chi connectivity index (χ1) is 9.70. The average Bonchev–Trinajstić information content (AvgIpc) is 2.95. The van der Waals surface area contributed by atoms with Crippen LogP contribution in [0.2, 0.25) is 0 Å². The molecule has 1 heterocycles. The van der Waals surface area contributed by atoms with Crippen LogP contribution in [-0.2, 0) is 0 Å². The number of carbonyl (C=O) groups excluding carboxylic acids is 1. The van der Waals surface area contributed by atoms with Gasteiger partial charge >= 0.3 is 0 Å². The van der Waals surface area contributed by atoms with Gasteiger partial charge in [-0.15, -0.1) is 0 Å². The number of nitrogens with one attached hydrogen (secondary N) is 1. The molecule has 1 amide bonds. The molecule has 0 saturated carbocycles. The van der Waals surface area contributed by atoms with E-state index < -0.39 is 0 Å². The summed E-state index contributed by atoms with van der Waals surface area (Å²) >= 11 is 0. The van der Waals surface area contributed by atoms with Crippen molar-refractivity contribution in [3.63, 3.8) is 0 Å². The zero-order valence-corrected chi connectivity index (χ0v) is 11.4. The Labute approximate surface area is 117 Å². The van der Waals surface area contributed by atoms with Crippen molar-refractivity contribution in [2.24, 2.45) is 0 Å². The van der Waals surface area contributed by atoms with Crippen molar-refractivity contribution >= 4 is 5.91 Å². The summed E-state index contributed by atoms with van der Waals surface area (Å²) in [5.74, 6) is 1.17. The van der Waals surface area contributed by atoms with E-state index in [-0.39, 0.29) is 12.7 Å². The van der Waals surface area contributed by atoms with Gasteiger partial charge in [0, 0.05) is 12.6 Å². The van der Waals surface area contributed by atoms with E-state index in [1.807, 2.05) is 31.2 Å². The van der Waals surface area contributed by atoms with Crippen LogP contribution >= 0.6 is 0 Å². The third-order valence-corrected chi connectivity index (χ3v) is 3.35. The number of hydrogen-bond acceptors (Lipinski definition) is 3. The topological polar surface area (TPSA) is 47.6 Å². The van der Waals surface area contributed by atoms with Gasteiger partial charge in [-0.1, -0.05) is 29.8 Å². The Balaban J connectivity index is 2.23. The number of ether oxygens (including phenoxy) is 2. The standard InChI is InChI=1S/C16H15NO3/c1-10-3-5-11(6-4-10)14-12(16(18)17-2)7-8-13-15(14)20-9-19-13/h3-8H,9H2,1-2H3,(H,17,18). The Morgan fingerprint density at radius 1 is 1.10 bits per heavy atom. The lowest BCUT2D eigenvalue weighted by Gasteiger charge is -2.12. The van der Waals surface area contributed by atoms with Crippen LogP contribution in [0, 0.1) is 6.92 Å². The van der Waals surface area contributed by atoms with Gasteiger partial charge < -0.3 is 14.8 Å². The molecule has 1 N–H and O–H groups in total. The Morgan fingerprint density at radius 2 is 1.85 bits per heavy atom. The molecule has 4 heteroatoms. The lowest BCUT2D eigenvalue weighted by Crippen LogP contribution is -2.18. The normalized spacial score (nSPS) is 12.3. The molecule has 0 bridgehead atoms. The van der Waals surface area contributed by atoms with E-state index in [1.165, 1.54) is 5.56 Å². The highest BCUT2D eigenvalue weighted by atomic mass is 16.7. The van der Waals surface area contributed by atoms with Gasteiger partial charge in [-0.3, -0.25) is 4.79 Å². The zero-order chi connectivity index (χ0) is 14.1. The lowest BCUT2D eigenvalue weighted by atomic mass is 9.96. The van der Waals surface area contributed by atoms with E-state index in [0.717, 1.165) is 11.1 Å². The third kappa shape index (κ3) is 1.99. The van der Waals surface area contributed by atoms with Crippen LogP contribution in [0.4, 0.5) is 0 Å². The van der Waals surface area contributed by atoms with E-state index in [2.05, 4.69) is 5.32 Å². The molecule has 2 aromatic carbocycles. The summed E-state index contributed by atoms with van der Waals surface area (Å²) < 4.78 is 10.9. The van der Waals surface area contributed by atoms with Gasteiger partial charge in [0.15, 0.2) is 11.5 Å². The maximum atomic E-state index is 12.1. The molecule has 0 spiro atoms. The second-order valence-corrected chi connectivity index (χ2v) is 4.67. The molecule has 20 heavy (non-hydrogen) atoms. The molecule has 0 atom stereocenters. The second kappa shape index (κ2) is 4.89. The lowest BCUT2D eigenvalue weighted by molar-refractivity contribution is 0.0963. The average molecular weight is 269 g/mol. The van der Waals surface area contributed by atoms with Crippen LogP contribution in [0.1, 0.15) is 15.9 Å². The largest absolute Gasteiger partial charge is 0.454 e. The Morgan fingerprint density at radius 3 is 2.55 bits per heavy atom. The molecule has 0 radical (unpaired) electrons. The van der Waals surface area contributed by atoms with E-state index >= 15 is 0 Å². The first-order valence-electron chi connectivity index (χ1n) is 6.42. The number of rotatable bonds is 2. The minimum atomic E-state index is -0.140. The SMILES string of the molecule is CNC(=O)c1ccc2c(c1-c1ccc(C)cc1)OCO2. The summed E-state index contributed by atoms with van der Waals surface area (Å²) in [6, 6.07) is 11.5. The fourth-order valence-electron chi connectivity index (χ4n) is 2.30. The van der Waals surface area contributed by atoms with Crippen LogP contribution in [0.15, 0.2) is 36.4 Å². The number of fused-ring (bicyclic) bond motifs is 1. The number of carbonyl (C=O) groups is 1. The van der Waals surface area contributed by atoms with Crippen molar-refractivity contribution in [2.75, 3.05) is 13.8 Å². The van der Waals surface area contributed by atoms with Gasteiger partial charge in [0.2, 0.25) is 6.79 Å². The molecule has 4 nitrogen and oxygen atoms in total. The predicted molar refractivity (Wildman–Crippen MR) is 76.1 cm³/mol. The van der Waals surface area contributed by atoms with E-state index in [4.69, 9.17) is 9.47 Å². The van der Waals surface area contributed by atoms with Gasteiger partial charge in [0.05, 0.1) is 5.56 Å². The first kappa shape index (κ1) is 12.5. The Hall–Kier alpha value is -2.49. The highest BCUT2D eigenvalue weighted by Crippen LogP contribution is 2.43. The van der Waals surface area contributed by atoms with Crippen LogP contribution in [-0.4, -0.2) is 19.7 Å². The smallest absolute Gasteiger partial charge is 0.251 e. The summed E-state index contributed by atoms with van der Waals surface area (Å²) in [4.78, 5) is 12.1. The van der Waals surface area contributed by atoms with Gasteiger partial charge in [-0.05, 0) is 24.6 Å². The Kier molecular flexibility index (Phi) is 3.06. The van der Waals surface area contributed by atoms with E-state index in [1.54, 1.807) is 19.2 Å². The maximum Gasteiger partial charge on any atom is 0.251 e. The van der Waals surface area contributed by atoms with Crippen molar-refractivity contribution in [3.8, 4) is 22.6 Å². The van der Waals surface area contributed by atoms with E-state index in [0.29, 0.717) is 17.1 Å². The summed E-state index contributed by atoms with van der Waals surface area (Å²) in [5, 5.41) is 2.66. The Bertz CT molecular complexity index is 662. The molecular formula is C16H15NO3. The van der Waals surface area contributed by atoms with Crippen molar-refractivity contribution in [1.82, 2.24) is 5.32 Å². The van der Waals surface area contributed by atoms with Crippen LogP contribution in [0.5, 0.6) is 11.5 Å². The molecule has 0 aromatic heterocycles. The van der Waals surface area contributed by atoms with Crippen LogP contribution < -0.4 is 14.8 Å². The van der Waals surface area contributed by atoms with Gasteiger partial charge in [-0.2, -0.15) is 0 Å². The minimum Gasteiger partial charge on any atom is -0.454 e. The highest BCUT2D eigenvalue weighted by molar-refractivity contribution is 6.03. The quantitative estimate of drug-likeness (QED) is 0.912. The molecule has 2 aromatic rings. The molecule has 0 unspecified atom stereocenters. The molecule has 1 aliphatic rings. The van der Waals surface area contributed by atoms with Crippen LogP contribution in [0.25, 0.3) is 11.1 Å². The van der Waals surface area contributed by atoms with Crippen molar-refractivity contribution < 1.29 is 14.3 Å². The van der Waals surface area contributed by atoms with Crippen molar-refractivity contribution in [1.29, 1.82) is 0 Å². The molecule has 102 valence electrons. The van der Waals surface area contributed by atoms with Crippen molar-refractivity contribution in [2.45, 2.75) is 6.92 Å². The fraction of sp³-hybridized carbons (Fsp3) is 0.188. The summed E-state index contributed by atoms with van der Waals surface area (Å²) in [6.07, 6.45) is 0. The molecule has 3 rings (SSSR count). The number of aryl methyl sites for hydroxylation is 1. The van der Waals surface area contributed by atoms with Gasteiger partial charge in [0.25, 0.3) is 5.91 Å². The predicted octanol–water partition coefficient (Wildman–Crippen LogP) is 2.75. The minimum absolute atomic E-state index is 0.140. The summed E-state index contributed by atoms with van der Waals surface area (Å²) in [6.45, 7) is 2.21. The zero-order valence-electron chi connectivity index (χ0n) is 11.4. The van der Waals surface area contributed by atoms with Crippen LogP contribution in [0.3, 0.4) is 0 Å². The number of benzene rings is 2. The highest BCUT2D eigenvalue weighted by Gasteiger charge is 2.24. The van der Waals surface area contributed by atoms with Gasteiger partial charge in [0.1, 0.15) is 0 Å². The monoisotopic (exact) mass is 269 g/mol. The van der Waals surface area contributed by atoms with E-state index in [9.17, 15) is 4.79 Å². The number of hydrogen-bond donors (Lipinski definition) is 1. The molecular weight excluding hydrogens is 254 g/mol. The number of amides is 1. The molecule has 1 aliphatic heterocycles. The third-order valence-electron chi connectivity index (χ3n) is 3.35. The summed E-state index contributed by atoms with van der Waals surface area (Å²) in [5.41, 5.74) is 3.47. The fourth-order valence-corrected chi connectivity index (χ4v) is 2.30. The molecule has 0 aliphatic carbocycles. The second-order valence-electron chi connectivity index (χ2n) is 4.67. The van der Waals surface area contributed by atoms with Gasteiger partial charge in [-0.25, -0.2) is 0 Å². The maximum absolute atomic E-state index is 12.1. The summed E-state index contributed by atoms with van der Waals surface area (Å²) in [7, 11) is 1.62. The van der Waals surface area contributed by atoms with Crippen molar-refractivity contribution in [3.05, 3.63) is 47.5 Å². The molecule has 0 fully saturated rings. The molecule has 0 saturated heterocycles.